The Kier molecular flexibility index (Phi) is 5.59. The molecule has 0 saturated heterocycles. The van der Waals surface area contributed by atoms with E-state index in [0.717, 1.165) is 24.8 Å². The summed E-state index contributed by atoms with van der Waals surface area (Å²) in [4.78, 5) is 11.2. The summed E-state index contributed by atoms with van der Waals surface area (Å²) in [6.07, 6.45) is 11.5. The first-order valence-corrected chi connectivity index (χ1v) is 6.99. The highest BCUT2D eigenvalue weighted by Gasteiger charge is 2.16. The van der Waals surface area contributed by atoms with Gasteiger partial charge in [-0.05, 0) is 50.2 Å². The van der Waals surface area contributed by atoms with E-state index in [1.54, 1.807) is 0 Å². The SMILES string of the molecule is CC(=O)OC1/C=C/C(C)(C)C/C=C(/C)CC/C=C\1C. The van der Waals surface area contributed by atoms with E-state index in [4.69, 9.17) is 4.74 Å². The van der Waals surface area contributed by atoms with Crippen LogP contribution in [0.1, 0.15) is 53.9 Å². The summed E-state index contributed by atoms with van der Waals surface area (Å²) in [5.74, 6) is -0.232. The van der Waals surface area contributed by atoms with E-state index in [1.165, 1.54) is 12.5 Å². The van der Waals surface area contributed by atoms with Gasteiger partial charge >= 0.3 is 5.97 Å². The number of hydrogen-bond donors (Lipinski definition) is 0. The number of hydrogen-bond acceptors (Lipinski definition) is 2. The lowest BCUT2D eigenvalue weighted by Gasteiger charge is -2.20. The molecule has 0 fully saturated rings. The highest BCUT2D eigenvalue weighted by Crippen LogP contribution is 2.26. The van der Waals surface area contributed by atoms with Crippen molar-refractivity contribution in [2.45, 2.75) is 60.0 Å². The average molecular weight is 262 g/mol. The third kappa shape index (κ3) is 5.91. The zero-order valence-corrected chi connectivity index (χ0v) is 12.8. The molecule has 1 aliphatic rings. The highest BCUT2D eigenvalue weighted by molar-refractivity contribution is 5.66. The fraction of sp³-hybridized carbons (Fsp3) is 0.588. The van der Waals surface area contributed by atoms with Gasteiger partial charge in [0.2, 0.25) is 0 Å². The van der Waals surface area contributed by atoms with Crippen LogP contribution in [0.5, 0.6) is 0 Å². The maximum atomic E-state index is 11.2. The zero-order chi connectivity index (χ0) is 14.5. The molecule has 1 unspecified atom stereocenters. The van der Waals surface area contributed by atoms with Crippen LogP contribution in [0.15, 0.2) is 35.5 Å². The molecule has 0 aromatic heterocycles. The van der Waals surface area contributed by atoms with Crippen LogP contribution in [0, 0.1) is 5.41 Å². The van der Waals surface area contributed by atoms with E-state index in [2.05, 4.69) is 39.0 Å². The monoisotopic (exact) mass is 262 g/mol. The van der Waals surface area contributed by atoms with Gasteiger partial charge in [-0.15, -0.1) is 0 Å². The van der Waals surface area contributed by atoms with Crippen LogP contribution < -0.4 is 0 Å². The zero-order valence-electron chi connectivity index (χ0n) is 12.8. The molecule has 0 heterocycles. The summed E-state index contributed by atoms with van der Waals surface area (Å²) in [7, 11) is 0. The van der Waals surface area contributed by atoms with E-state index < -0.39 is 0 Å². The smallest absolute Gasteiger partial charge is 0.303 e. The summed E-state index contributed by atoms with van der Waals surface area (Å²) in [5.41, 5.74) is 2.62. The molecule has 0 amide bonds. The predicted molar refractivity (Wildman–Crippen MR) is 79.8 cm³/mol. The van der Waals surface area contributed by atoms with Gasteiger partial charge in [0.15, 0.2) is 0 Å². The molecule has 1 rings (SSSR count). The molecule has 19 heavy (non-hydrogen) atoms. The van der Waals surface area contributed by atoms with Crippen LogP contribution in [0.2, 0.25) is 0 Å². The number of esters is 1. The number of carbonyl (C=O) groups excluding carboxylic acids is 1. The number of rotatable bonds is 1. The molecule has 1 aliphatic carbocycles. The van der Waals surface area contributed by atoms with Crippen LogP contribution in [-0.2, 0) is 9.53 Å². The van der Waals surface area contributed by atoms with E-state index >= 15 is 0 Å². The first-order valence-electron chi connectivity index (χ1n) is 6.99. The average Bonchev–Trinajstić information content (AvgIpc) is 2.32. The maximum absolute atomic E-state index is 11.2. The van der Waals surface area contributed by atoms with Crippen molar-refractivity contribution in [1.82, 2.24) is 0 Å². The van der Waals surface area contributed by atoms with Crippen molar-refractivity contribution < 1.29 is 9.53 Å². The fourth-order valence-corrected chi connectivity index (χ4v) is 2.06. The lowest BCUT2D eigenvalue weighted by Crippen LogP contribution is -2.16. The third-order valence-corrected chi connectivity index (χ3v) is 3.45. The predicted octanol–water partition coefficient (Wildman–Crippen LogP) is 4.58. The molecule has 0 radical (unpaired) electrons. The molecule has 0 spiro atoms. The Balaban J connectivity index is 2.99. The largest absolute Gasteiger partial charge is 0.454 e. The number of carbonyl (C=O) groups is 1. The molecule has 0 aliphatic heterocycles. The first kappa shape index (κ1) is 15.7. The summed E-state index contributed by atoms with van der Waals surface area (Å²) >= 11 is 0. The van der Waals surface area contributed by atoms with E-state index in [-0.39, 0.29) is 17.5 Å². The second-order valence-electron chi connectivity index (χ2n) is 6.12. The Morgan fingerprint density at radius 1 is 1.32 bits per heavy atom. The minimum atomic E-state index is -0.232. The van der Waals surface area contributed by atoms with E-state index in [1.807, 2.05) is 13.0 Å². The third-order valence-electron chi connectivity index (χ3n) is 3.45. The lowest BCUT2D eigenvalue weighted by atomic mass is 9.87. The molecule has 0 bridgehead atoms. The Bertz CT molecular complexity index is 411. The van der Waals surface area contributed by atoms with E-state index in [0.29, 0.717) is 0 Å². The molecule has 2 heteroatoms. The van der Waals surface area contributed by atoms with Crippen molar-refractivity contribution in [2.24, 2.45) is 5.41 Å². The number of ether oxygens (including phenoxy) is 1. The van der Waals surface area contributed by atoms with Crippen LogP contribution in [-0.4, -0.2) is 12.1 Å². The van der Waals surface area contributed by atoms with Crippen molar-refractivity contribution in [3.8, 4) is 0 Å². The normalized spacial score (nSPS) is 31.1. The van der Waals surface area contributed by atoms with Crippen molar-refractivity contribution in [2.75, 3.05) is 0 Å². The minimum absolute atomic E-state index is 0.0876. The van der Waals surface area contributed by atoms with E-state index in [9.17, 15) is 4.79 Å². The first-order chi connectivity index (χ1) is 8.80. The second-order valence-corrected chi connectivity index (χ2v) is 6.12. The second kappa shape index (κ2) is 6.74. The van der Waals surface area contributed by atoms with Gasteiger partial charge in [-0.3, -0.25) is 4.79 Å². The minimum Gasteiger partial charge on any atom is -0.454 e. The van der Waals surface area contributed by atoms with Crippen molar-refractivity contribution in [3.63, 3.8) is 0 Å². The Morgan fingerprint density at radius 3 is 2.63 bits per heavy atom. The Morgan fingerprint density at radius 2 is 2.00 bits per heavy atom. The molecule has 106 valence electrons. The van der Waals surface area contributed by atoms with Gasteiger partial charge in [0, 0.05) is 6.92 Å². The fourth-order valence-electron chi connectivity index (χ4n) is 2.06. The van der Waals surface area contributed by atoms with Crippen molar-refractivity contribution in [1.29, 1.82) is 0 Å². The quantitative estimate of drug-likeness (QED) is 0.511. The molecule has 1 atom stereocenters. The van der Waals surface area contributed by atoms with Gasteiger partial charge in [-0.25, -0.2) is 0 Å². The van der Waals surface area contributed by atoms with Gasteiger partial charge < -0.3 is 4.74 Å². The summed E-state index contributed by atoms with van der Waals surface area (Å²) in [5, 5.41) is 0. The highest BCUT2D eigenvalue weighted by atomic mass is 16.5. The molecular formula is C17H26O2. The molecule has 2 nitrogen and oxygen atoms in total. The van der Waals surface area contributed by atoms with Gasteiger partial charge in [0.1, 0.15) is 6.10 Å². The van der Waals surface area contributed by atoms with Crippen LogP contribution in [0.4, 0.5) is 0 Å². The molecule has 0 aromatic carbocycles. The van der Waals surface area contributed by atoms with Gasteiger partial charge in [0.25, 0.3) is 0 Å². The summed E-state index contributed by atoms with van der Waals surface area (Å²) in [6, 6.07) is 0. The van der Waals surface area contributed by atoms with Crippen molar-refractivity contribution >= 4 is 5.97 Å². The molecule has 0 saturated carbocycles. The van der Waals surface area contributed by atoms with Gasteiger partial charge in [-0.1, -0.05) is 37.6 Å². The van der Waals surface area contributed by atoms with Crippen LogP contribution in [0.3, 0.4) is 0 Å². The summed E-state index contributed by atoms with van der Waals surface area (Å²) in [6.45, 7) is 10.1. The lowest BCUT2D eigenvalue weighted by molar-refractivity contribution is -0.142. The Labute approximate surface area is 117 Å². The topological polar surface area (TPSA) is 26.3 Å². The molecule has 0 aromatic rings. The van der Waals surface area contributed by atoms with Crippen LogP contribution >= 0.6 is 0 Å². The standard InChI is InChI=1S/C17H26O2/c1-13-7-6-8-14(2)16(19-15(3)18)10-12-17(4,5)11-9-13/h8-10,12,16H,6-7,11H2,1-5H3/b12-10+,13-9-,14-8-. The molecular weight excluding hydrogens is 236 g/mol. The van der Waals surface area contributed by atoms with Crippen molar-refractivity contribution in [3.05, 3.63) is 35.5 Å². The van der Waals surface area contributed by atoms with Gasteiger partial charge in [0.05, 0.1) is 0 Å². The number of allylic oxidation sites excluding steroid dienone is 4. The molecule has 0 N–H and O–H groups in total. The maximum Gasteiger partial charge on any atom is 0.303 e. The Hall–Kier alpha value is -1.31. The summed E-state index contributed by atoms with van der Waals surface area (Å²) < 4.78 is 5.39. The van der Waals surface area contributed by atoms with Gasteiger partial charge in [-0.2, -0.15) is 0 Å². The van der Waals surface area contributed by atoms with Crippen LogP contribution in [0.25, 0.3) is 0 Å².